The van der Waals surface area contributed by atoms with Gasteiger partial charge in [0.05, 0.1) is 11.5 Å². The molecule has 1 saturated heterocycles. The third-order valence-corrected chi connectivity index (χ3v) is 4.79. The molecule has 1 N–H and O–H groups in total. The number of ether oxygens (including phenoxy) is 1. The molecule has 0 aliphatic carbocycles. The lowest BCUT2D eigenvalue weighted by atomic mass is 9.86. The van der Waals surface area contributed by atoms with Crippen molar-refractivity contribution < 1.29 is 14.3 Å². The SMILES string of the molecule is CC1(C)C(=O)N(CC(=O)NC[C@@H]2CCCO2)c2ccc(Cl)cc21. The topological polar surface area (TPSA) is 58.6 Å². The molecule has 2 heterocycles. The van der Waals surface area contributed by atoms with Gasteiger partial charge in [0.25, 0.3) is 0 Å². The van der Waals surface area contributed by atoms with Crippen molar-refractivity contribution in [3.63, 3.8) is 0 Å². The van der Waals surface area contributed by atoms with Crippen molar-refractivity contribution in [1.82, 2.24) is 5.32 Å². The summed E-state index contributed by atoms with van der Waals surface area (Å²) in [5, 5.41) is 3.45. The number of nitrogens with zero attached hydrogens (tertiary/aromatic N) is 1. The Morgan fingerprint density at radius 2 is 2.26 bits per heavy atom. The average molecular weight is 337 g/mol. The molecular weight excluding hydrogens is 316 g/mol. The predicted octanol–water partition coefficient (Wildman–Crippen LogP) is 2.26. The van der Waals surface area contributed by atoms with Gasteiger partial charge in [-0.25, -0.2) is 0 Å². The number of carbonyl (C=O) groups is 2. The molecule has 6 heteroatoms. The molecule has 1 fully saturated rings. The Hall–Kier alpha value is -1.59. The van der Waals surface area contributed by atoms with Crippen LogP contribution < -0.4 is 10.2 Å². The Morgan fingerprint density at radius 3 is 2.96 bits per heavy atom. The molecule has 0 aromatic heterocycles. The van der Waals surface area contributed by atoms with Gasteiger partial charge in [0.15, 0.2) is 0 Å². The third kappa shape index (κ3) is 3.08. The van der Waals surface area contributed by atoms with Crippen LogP contribution in [-0.4, -0.2) is 37.6 Å². The van der Waals surface area contributed by atoms with E-state index in [9.17, 15) is 9.59 Å². The highest BCUT2D eigenvalue weighted by atomic mass is 35.5. The molecule has 2 amide bonds. The average Bonchev–Trinajstić information content (AvgIpc) is 3.08. The van der Waals surface area contributed by atoms with Crippen molar-refractivity contribution in [2.24, 2.45) is 0 Å². The second-order valence-electron chi connectivity index (χ2n) is 6.62. The zero-order valence-electron chi connectivity index (χ0n) is 13.4. The molecule has 1 aromatic carbocycles. The summed E-state index contributed by atoms with van der Waals surface area (Å²) >= 11 is 6.05. The molecule has 2 aliphatic rings. The second-order valence-corrected chi connectivity index (χ2v) is 7.05. The van der Waals surface area contributed by atoms with E-state index in [4.69, 9.17) is 16.3 Å². The van der Waals surface area contributed by atoms with Crippen LogP contribution in [0.5, 0.6) is 0 Å². The Balaban J connectivity index is 1.70. The molecule has 124 valence electrons. The molecule has 23 heavy (non-hydrogen) atoms. The van der Waals surface area contributed by atoms with Crippen molar-refractivity contribution in [1.29, 1.82) is 0 Å². The monoisotopic (exact) mass is 336 g/mol. The molecule has 0 spiro atoms. The number of hydrogen-bond donors (Lipinski definition) is 1. The van der Waals surface area contributed by atoms with Gasteiger partial charge >= 0.3 is 0 Å². The number of amides is 2. The van der Waals surface area contributed by atoms with Crippen LogP contribution in [-0.2, 0) is 19.7 Å². The van der Waals surface area contributed by atoms with Crippen LogP contribution in [0.3, 0.4) is 0 Å². The van der Waals surface area contributed by atoms with Gasteiger partial charge in [-0.1, -0.05) is 11.6 Å². The lowest BCUT2D eigenvalue weighted by Gasteiger charge is -2.20. The first kappa shape index (κ1) is 16.3. The minimum Gasteiger partial charge on any atom is -0.376 e. The number of rotatable bonds is 4. The number of carbonyl (C=O) groups excluding carboxylic acids is 2. The summed E-state index contributed by atoms with van der Waals surface area (Å²) in [7, 11) is 0. The van der Waals surface area contributed by atoms with E-state index in [2.05, 4.69) is 5.32 Å². The number of nitrogens with one attached hydrogen (secondary N) is 1. The minimum absolute atomic E-state index is 0.0175. The summed E-state index contributed by atoms with van der Waals surface area (Å²) in [6.07, 6.45) is 2.10. The van der Waals surface area contributed by atoms with Crippen molar-refractivity contribution in [3.05, 3.63) is 28.8 Å². The number of benzene rings is 1. The highest BCUT2D eigenvalue weighted by Gasteiger charge is 2.44. The highest BCUT2D eigenvalue weighted by molar-refractivity contribution is 6.31. The molecule has 0 bridgehead atoms. The predicted molar refractivity (Wildman–Crippen MR) is 88.8 cm³/mol. The van der Waals surface area contributed by atoms with Gasteiger partial charge in [-0.2, -0.15) is 0 Å². The van der Waals surface area contributed by atoms with Crippen LogP contribution in [0.4, 0.5) is 5.69 Å². The van der Waals surface area contributed by atoms with E-state index in [1.165, 1.54) is 4.90 Å². The maximum atomic E-state index is 12.7. The maximum absolute atomic E-state index is 12.7. The van der Waals surface area contributed by atoms with Crippen LogP contribution in [0.15, 0.2) is 18.2 Å². The summed E-state index contributed by atoms with van der Waals surface area (Å²) in [6, 6.07) is 5.35. The molecule has 0 unspecified atom stereocenters. The van der Waals surface area contributed by atoms with E-state index in [0.29, 0.717) is 11.6 Å². The first-order valence-corrected chi connectivity index (χ1v) is 8.27. The highest BCUT2D eigenvalue weighted by Crippen LogP contribution is 2.42. The molecule has 5 nitrogen and oxygen atoms in total. The fourth-order valence-corrected chi connectivity index (χ4v) is 3.37. The molecular formula is C17H21ClN2O3. The van der Waals surface area contributed by atoms with Gasteiger partial charge < -0.3 is 15.0 Å². The quantitative estimate of drug-likeness (QED) is 0.917. The Bertz CT molecular complexity index is 639. The zero-order valence-corrected chi connectivity index (χ0v) is 14.2. The van der Waals surface area contributed by atoms with E-state index >= 15 is 0 Å². The summed E-state index contributed by atoms with van der Waals surface area (Å²) in [4.78, 5) is 26.4. The standard InChI is InChI=1S/C17H21ClN2O3/c1-17(2)13-8-11(18)5-6-14(13)20(16(17)22)10-15(21)19-9-12-4-3-7-23-12/h5-6,8,12H,3-4,7,9-10H2,1-2H3,(H,19,21)/t12-/m0/s1. The second kappa shape index (κ2) is 6.13. The minimum atomic E-state index is -0.672. The van der Waals surface area contributed by atoms with Gasteiger partial charge in [0, 0.05) is 23.9 Å². The molecule has 0 radical (unpaired) electrons. The lowest BCUT2D eigenvalue weighted by molar-refractivity contribution is -0.125. The fourth-order valence-electron chi connectivity index (χ4n) is 3.20. The first-order chi connectivity index (χ1) is 10.9. The van der Waals surface area contributed by atoms with Gasteiger partial charge in [-0.3, -0.25) is 9.59 Å². The molecule has 0 saturated carbocycles. The summed E-state index contributed by atoms with van der Waals surface area (Å²) < 4.78 is 5.49. The van der Waals surface area contributed by atoms with Gasteiger partial charge in [-0.15, -0.1) is 0 Å². The zero-order chi connectivity index (χ0) is 16.6. The van der Waals surface area contributed by atoms with E-state index in [-0.39, 0.29) is 24.5 Å². The van der Waals surface area contributed by atoms with E-state index < -0.39 is 5.41 Å². The number of anilines is 1. The lowest BCUT2D eigenvalue weighted by Crippen LogP contribution is -2.44. The van der Waals surface area contributed by atoms with Crippen LogP contribution in [0.1, 0.15) is 32.3 Å². The molecule has 3 rings (SSSR count). The van der Waals surface area contributed by atoms with E-state index in [1.54, 1.807) is 18.2 Å². The van der Waals surface area contributed by atoms with Crippen LogP contribution >= 0.6 is 11.6 Å². The normalized spacial score (nSPS) is 22.3. The van der Waals surface area contributed by atoms with Gasteiger partial charge in [0.2, 0.25) is 11.8 Å². The van der Waals surface area contributed by atoms with Crippen LogP contribution in [0.2, 0.25) is 5.02 Å². The van der Waals surface area contributed by atoms with Gasteiger partial charge in [0.1, 0.15) is 6.54 Å². The van der Waals surface area contributed by atoms with E-state index in [0.717, 1.165) is 30.7 Å². The first-order valence-electron chi connectivity index (χ1n) is 7.90. The van der Waals surface area contributed by atoms with Crippen molar-refractivity contribution in [2.75, 3.05) is 24.6 Å². The molecule has 2 aliphatic heterocycles. The van der Waals surface area contributed by atoms with Crippen molar-refractivity contribution in [2.45, 2.75) is 38.2 Å². The smallest absolute Gasteiger partial charge is 0.240 e. The Labute approximate surface area is 140 Å². The Morgan fingerprint density at radius 1 is 1.48 bits per heavy atom. The number of halogens is 1. The van der Waals surface area contributed by atoms with Gasteiger partial charge in [-0.05, 0) is 50.5 Å². The number of fused-ring (bicyclic) bond motifs is 1. The largest absolute Gasteiger partial charge is 0.376 e. The van der Waals surface area contributed by atoms with E-state index in [1.807, 2.05) is 13.8 Å². The number of hydrogen-bond acceptors (Lipinski definition) is 3. The third-order valence-electron chi connectivity index (χ3n) is 4.56. The fraction of sp³-hybridized carbons (Fsp3) is 0.529. The summed E-state index contributed by atoms with van der Waals surface area (Å²) in [6.45, 7) is 4.98. The summed E-state index contributed by atoms with van der Waals surface area (Å²) in [5.41, 5.74) is 0.952. The maximum Gasteiger partial charge on any atom is 0.240 e. The molecule has 1 aromatic rings. The molecule has 1 atom stereocenters. The van der Waals surface area contributed by atoms with Crippen molar-refractivity contribution >= 4 is 29.1 Å². The van der Waals surface area contributed by atoms with Crippen LogP contribution in [0.25, 0.3) is 0 Å². The Kier molecular flexibility index (Phi) is 4.34. The van der Waals surface area contributed by atoms with Crippen LogP contribution in [0, 0.1) is 0 Å². The van der Waals surface area contributed by atoms with Crippen molar-refractivity contribution in [3.8, 4) is 0 Å². The summed E-state index contributed by atoms with van der Waals surface area (Å²) in [5.74, 6) is -0.255.